The van der Waals surface area contributed by atoms with E-state index in [0.29, 0.717) is 26.1 Å². The van der Waals surface area contributed by atoms with Crippen LogP contribution in [0.5, 0.6) is 11.5 Å². The third-order valence-corrected chi connectivity index (χ3v) is 10.0. The minimum atomic E-state index is -0.462. The summed E-state index contributed by atoms with van der Waals surface area (Å²) in [7, 11) is 0. The molecule has 6 aromatic rings. The molecule has 0 saturated carbocycles. The van der Waals surface area contributed by atoms with Crippen LogP contribution in [-0.4, -0.2) is 22.4 Å². The maximum Gasteiger partial charge on any atom is 0.126 e. The lowest BCUT2D eigenvalue weighted by Crippen LogP contribution is -2.35. The minimum absolute atomic E-state index is 0.253. The van der Waals surface area contributed by atoms with Gasteiger partial charge < -0.3 is 19.7 Å². The predicted octanol–water partition coefficient (Wildman–Crippen LogP) is 11.2. The van der Waals surface area contributed by atoms with Crippen LogP contribution in [0.4, 0.5) is 0 Å². The Hall–Kier alpha value is -5.16. The Morgan fingerprint density at radius 2 is 0.788 bits per heavy atom. The normalized spacial score (nSPS) is 12.5. The topological polar surface area (TPSA) is 58.9 Å². The van der Waals surface area contributed by atoms with Crippen molar-refractivity contribution in [1.29, 1.82) is 0 Å². The third kappa shape index (κ3) is 8.48. The lowest BCUT2D eigenvalue weighted by atomic mass is 9.89. The van der Waals surface area contributed by atoms with Crippen molar-refractivity contribution in [2.24, 2.45) is 0 Å². The van der Waals surface area contributed by atoms with Crippen LogP contribution in [0.2, 0.25) is 0 Å². The minimum Gasteiger partial charge on any atom is -0.507 e. The molecular formula is C48H50O4. The molecule has 0 bridgehead atoms. The molecule has 0 aromatic heterocycles. The molecular weight excluding hydrogens is 641 g/mol. The first-order valence-corrected chi connectivity index (χ1v) is 18.2. The molecule has 0 aliphatic rings. The second-order valence-corrected chi connectivity index (χ2v) is 14.3. The number of phenolic OH excluding ortho intramolecular Hbond substituents is 2. The molecule has 0 saturated heterocycles. The summed E-state index contributed by atoms with van der Waals surface area (Å²) in [6.07, 6.45) is -0.105. The summed E-state index contributed by atoms with van der Waals surface area (Å²) in [5, 5.41) is 23.8. The molecule has 6 rings (SSSR count). The summed E-state index contributed by atoms with van der Waals surface area (Å²) in [6.45, 7) is 13.3. The molecule has 4 heteroatoms. The first kappa shape index (κ1) is 36.6. The molecule has 0 aliphatic carbocycles. The first-order chi connectivity index (χ1) is 25.1. The highest BCUT2D eigenvalue weighted by atomic mass is 16.5. The number of aromatic hydroxyl groups is 2. The molecule has 0 amide bonds. The Morgan fingerprint density at radius 3 is 1.13 bits per heavy atom. The number of hydrogen-bond acceptors (Lipinski definition) is 4. The Morgan fingerprint density at radius 1 is 0.442 bits per heavy atom. The van der Waals surface area contributed by atoms with Crippen LogP contribution < -0.4 is 0 Å². The fourth-order valence-corrected chi connectivity index (χ4v) is 7.71. The van der Waals surface area contributed by atoms with Crippen LogP contribution in [0.3, 0.4) is 0 Å². The van der Waals surface area contributed by atoms with Crippen LogP contribution in [0, 0.1) is 41.5 Å². The number of phenols is 2. The highest BCUT2D eigenvalue weighted by Gasteiger charge is 2.28. The van der Waals surface area contributed by atoms with E-state index in [1.54, 1.807) is 0 Å². The smallest absolute Gasteiger partial charge is 0.126 e. The molecule has 0 fully saturated rings. The Bertz CT molecular complexity index is 1930. The van der Waals surface area contributed by atoms with E-state index in [4.69, 9.17) is 9.47 Å². The second-order valence-electron chi connectivity index (χ2n) is 14.3. The van der Waals surface area contributed by atoms with E-state index in [0.717, 1.165) is 66.8 Å². The van der Waals surface area contributed by atoms with E-state index >= 15 is 0 Å². The molecule has 2 N–H and O–H groups in total. The van der Waals surface area contributed by atoms with Crippen molar-refractivity contribution in [1.82, 2.24) is 0 Å². The molecule has 6 aromatic carbocycles. The fourth-order valence-electron chi connectivity index (χ4n) is 7.71. The van der Waals surface area contributed by atoms with Crippen LogP contribution in [0.25, 0.3) is 22.3 Å². The summed E-state index contributed by atoms with van der Waals surface area (Å²) < 4.78 is 13.6. The summed E-state index contributed by atoms with van der Waals surface area (Å²) in [5.41, 5.74) is 14.3. The number of benzene rings is 6. The van der Waals surface area contributed by atoms with Crippen molar-refractivity contribution < 1.29 is 19.7 Å². The van der Waals surface area contributed by atoms with Gasteiger partial charge in [0.15, 0.2) is 0 Å². The maximum atomic E-state index is 11.9. The van der Waals surface area contributed by atoms with Gasteiger partial charge in [-0.15, -0.1) is 0 Å². The highest BCUT2D eigenvalue weighted by Crippen LogP contribution is 2.40. The average molecular weight is 691 g/mol. The number of hydrogen-bond donors (Lipinski definition) is 2. The lowest BCUT2D eigenvalue weighted by Gasteiger charge is -2.29. The Balaban J connectivity index is 1.41. The van der Waals surface area contributed by atoms with E-state index in [1.807, 2.05) is 72.8 Å². The Kier molecular flexibility index (Phi) is 11.6. The van der Waals surface area contributed by atoms with Crippen LogP contribution >= 0.6 is 0 Å². The van der Waals surface area contributed by atoms with Gasteiger partial charge in [0.2, 0.25) is 0 Å². The average Bonchev–Trinajstić information content (AvgIpc) is 3.11. The molecule has 266 valence electrons. The molecule has 52 heavy (non-hydrogen) atoms. The highest BCUT2D eigenvalue weighted by molar-refractivity contribution is 5.78. The summed E-state index contributed by atoms with van der Waals surface area (Å²) in [5.74, 6) is 0.505. The molecule has 0 radical (unpaired) electrons. The van der Waals surface area contributed by atoms with E-state index in [-0.39, 0.29) is 11.5 Å². The SMILES string of the molecule is Cc1cc(C)c(-c2cccc(C[C@@H](OCc3ccccc3)[C@@H](Cc3cccc(-c4c(C)cc(C)cc4C)c3O)OCc3ccccc3)c2O)c(C)c1. The van der Waals surface area contributed by atoms with Crippen molar-refractivity contribution in [2.75, 3.05) is 0 Å². The zero-order chi connectivity index (χ0) is 36.8. The number of rotatable bonds is 13. The van der Waals surface area contributed by atoms with Gasteiger partial charge in [0.25, 0.3) is 0 Å². The van der Waals surface area contributed by atoms with E-state index < -0.39 is 12.2 Å². The maximum absolute atomic E-state index is 11.9. The van der Waals surface area contributed by atoms with Crippen LogP contribution in [0.1, 0.15) is 55.6 Å². The van der Waals surface area contributed by atoms with Crippen molar-refractivity contribution in [3.05, 3.63) is 177 Å². The van der Waals surface area contributed by atoms with Crippen molar-refractivity contribution in [3.63, 3.8) is 0 Å². The van der Waals surface area contributed by atoms with E-state index in [2.05, 4.69) is 90.1 Å². The number of ether oxygens (including phenoxy) is 2. The zero-order valence-electron chi connectivity index (χ0n) is 31.2. The van der Waals surface area contributed by atoms with E-state index in [1.165, 1.54) is 11.1 Å². The molecule has 0 aliphatic heterocycles. The van der Waals surface area contributed by atoms with Crippen molar-refractivity contribution in [3.8, 4) is 33.8 Å². The van der Waals surface area contributed by atoms with Gasteiger partial charge in [-0.3, -0.25) is 0 Å². The molecule has 2 atom stereocenters. The summed E-state index contributed by atoms with van der Waals surface area (Å²) in [4.78, 5) is 0. The molecule has 4 nitrogen and oxygen atoms in total. The van der Waals surface area contributed by atoms with Gasteiger partial charge in [-0.25, -0.2) is 0 Å². The van der Waals surface area contributed by atoms with Gasteiger partial charge in [0.05, 0.1) is 25.4 Å². The van der Waals surface area contributed by atoms with Crippen LogP contribution in [-0.2, 0) is 35.5 Å². The van der Waals surface area contributed by atoms with Gasteiger partial charge >= 0.3 is 0 Å². The fraction of sp³-hybridized carbons (Fsp3) is 0.250. The molecule has 0 heterocycles. The lowest BCUT2D eigenvalue weighted by molar-refractivity contribution is -0.0849. The van der Waals surface area contributed by atoms with E-state index in [9.17, 15) is 10.2 Å². The van der Waals surface area contributed by atoms with Gasteiger partial charge in [0, 0.05) is 24.0 Å². The van der Waals surface area contributed by atoms with Gasteiger partial charge in [0.1, 0.15) is 11.5 Å². The zero-order valence-corrected chi connectivity index (χ0v) is 31.2. The monoisotopic (exact) mass is 690 g/mol. The first-order valence-electron chi connectivity index (χ1n) is 18.2. The molecule has 0 spiro atoms. The van der Waals surface area contributed by atoms with Gasteiger partial charge in [-0.2, -0.15) is 0 Å². The predicted molar refractivity (Wildman–Crippen MR) is 213 cm³/mol. The largest absolute Gasteiger partial charge is 0.507 e. The number of aryl methyl sites for hydroxylation is 6. The molecule has 0 unspecified atom stereocenters. The Labute approximate surface area is 309 Å². The number of para-hydroxylation sites is 2. The van der Waals surface area contributed by atoms with Gasteiger partial charge in [-0.05, 0) is 97.2 Å². The quantitative estimate of drug-likeness (QED) is 0.127. The second kappa shape index (κ2) is 16.5. The summed E-state index contributed by atoms with van der Waals surface area (Å²) in [6, 6.07) is 40.9. The summed E-state index contributed by atoms with van der Waals surface area (Å²) >= 11 is 0. The van der Waals surface area contributed by atoms with Crippen molar-refractivity contribution in [2.45, 2.75) is 79.8 Å². The standard InChI is InChI=1S/C48H50O4/c1-31-23-33(3)45(34(4)24-31)41-21-13-19-39(47(41)49)27-43(51-29-37-15-9-7-10-16-37)44(52-30-38-17-11-8-12-18-38)28-40-20-14-22-42(48(40)50)46-35(5)25-32(2)26-36(46)6/h7-26,43-44,49-50H,27-30H2,1-6H3/t43-,44-/m1/s1. The van der Waals surface area contributed by atoms with Crippen LogP contribution in [0.15, 0.2) is 121 Å². The van der Waals surface area contributed by atoms with Gasteiger partial charge in [-0.1, -0.05) is 132 Å². The third-order valence-electron chi connectivity index (χ3n) is 10.0. The van der Waals surface area contributed by atoms with Crippen molar-refractivity contribution >= 4 is 0 Å².